The van der Waals surface area contributed by atoms with Crippen LogP contribution in [0.25, 0.3) is 5.69 Å². The molecule has 0 saturated heterocycles. The van der Waals surface area contributed by atoms with Crippen LogP contribution in [-0.2, 0) is 21.9 Å². The molecule has 0 unspecified atom stereocenters. The molecule has 0 atom stereocenters. The average Bonchev–Trinajstić information content (AvgIpc) is 2.94. The maximum Gasteiger partial charge on any atom is 0.295 e. The van der Waals surface area contributed by atoms with Crippen molar-refractivity contribution in [1.29, 1.82) is 0 Å². The number of anilines is 2. The van der Waals surface area contributed by atoms with Gasteiger partial charge in [0.1, 0.15) is 5.69 Å². The summed E-state index contributed by atoms with van der Waals surface area (Å²) in [5, 5.41) is 3.11. The van der Waals surface area contributed by atoms with Crippen molar-refractivity contribution in [3.63, 3.8) is 0 Å². The van der Waals surface area contributed by atoms with E-state index in [1.807, 2.05) is 30.3 Å². The number of carbonyl (C=O) groups excluding carboxylic acids is 1. The Kier molecular flexibility index (Phi) is 7.10. The fourth-order valence-corrected chi connectivity index (χ4v) is 4.56. The van der Waals surface area contributed by atoms with E-state index in [4.69, 9.17) is 11.6 Å². The number of rotatable bonds is 8. The Bertz CT molecular complexity index is 1280. The molecule has 0 aliphatic carbocycles. The predicted octanol–water partition coefficient (Wildman–Crippen LogP) is 3.32. The lowest BCUT2D eigenvalue weighted by Crippen LogP contribution is -2.31. The molecule has 170 valence electrons. The Morgan fingerprint density at radius 3 is 2.44 bits per heavy atom. The van der Waals surface area contributed by atoms with E-state index < -0.39 is 10.0 Å². The van der Waals surface area contributed by atoms with Crippen molar-refractivity contribution in [1.82, 2.24) is 9.36 Å². The van der Waals surface area contributed by atoms with E-state index in [2.05, 4.69) is 5.32 Å². The highest BCUT2D eigenvalue weighted by Gasteiger charge is 2.20. The molecule has 1 heterocycles. The number of nitrogens with one attached hydrogen (secondary N) is 1. The molecular weight excluding hydrogens is 452 g/mol. The smallest absolute Gasteiger partial charge is 0.295 e. The minimum absolute atomic E-state index is 0.0473. The highest BCUT2D eigenvalue weighted by Crippen LogP contribution is 2.22. The van der Waals surface area contributed by atoms with Gasteiger partial charge in [0.2, 0.25) is 15.9 Å². The van der Waals surface area contributed by atoms with Gasteiger partial charge in [-0.15, -0.1) is 0 Å². The average molecular weight is 477 g/mol. The zero-order valence-electron chi connectivity index (χ0n) is 18.1. The number of aromatic nitrogens is 2. The van der Waals surface area contributed by atoms with Gasteiger partial charge < -0.3 is 5.32 Å². The van der Waals surface area contributed by atoms with Gasteiger partial charge >= 0.3 is 0 Å². The molecule has 8 nitrogen and oxygen atoms in total. The first-order valence-electron chi connectivity index (χ1n) is 9.96. The first-order chi connectivity index (χ1) is 15.1. The van der Waals surface area contributed by atoms with E-state index in [-0.39, 0.29) is 36.5 Å². The van der Waals surface area contributed by atoms with Crippen molar-refractivity contribution in [2.24, 2.45) is 7.05 Å². The largest absolute Gasteiger partial charge is 0.320 e. The maximum absolute atomic E-state index is 12.9. The number of para-hydroxylation sites is 1. The summed E-state index contributed by atoms with van der Waals surface area (Å²) in [4.78, 5) is 25.4. The monoisotopic (exact) mass is 476 g/mol. The molecule has 2 aromatic carbocycles. The molecule has 0 radical (unpaired) electrons. The van der Waals surface area contributed by atoms with E-state index in [0.29, 0.717) is 22.1 Å². The lowest BCUT2D eigenvalue weighted by atomic mass is 10.2. The summed E-state index contributed by atoms with van der Waals surface area (Å²) in [6.45, 7) is 1.86. The van der Waals surface area contributed by atoms with Crippen LogP contribution in [0.2, 0.25) is 5.02 Å². The van der Waals surface area contributed by atoms with Crippen molar-refractivity contribution < 1.29 is 13.2 Å². The summed E-state index contributed by atoms with van der Waals surface area (Å²) in [5.74, 6) is -0.365. The van der Waals surface area contributed by atoms with E-state index in [1.165, 1.54) is 8.99 Å². The van der Waals surface area contributed by atoms with Crippen molar-refractivity contribution in [3.05, 3.63) is 75.7 Å². The standard InChI is InChI=1S/C22H25ClN4O4S/c1-16-21(22(29)27(25(16)2)18-10-5-4-6-11-18)24-20(28)13-8-14-26(32(3,30)31)19-12-7-9-17(23)15-19/h4-7,9-12,15H,8,13-14H2,1-3H3,(H,24,28). The van der Waals surface area contributed by atoms with Gasteiger partial charge in [-0.1, -0.05) is 35.9 Å². The zero-order chi connectivity index (χ0) is 23.5. The molecule has 3 aromatic rings. The van der Waals surface area contributed by atoms with Crippen LogP contribution >= 0.6 is 11.6 Å². The van der Waals surface area contributed by atoms with Gasteiger partial charge in [-0.25, -0.2) is 13.1 Å². The summed E-state index contributed by atoms with van der Waals surface area (Å²) < 4.78 is 28.8. The third-order valence-electron chi connectivity index (χ3n) is 5.08. The number of amides is 1. The number of halogens is 1. The van der Waals surface area contributed by atoms with Crippen LogP contribution < -0.4 is 15.2 Å². The third-order valence-corrected chi connectivity index (χ3v) is 6.51. The minimum atomic E-state index is -3.55. The quantitative estimate of drug-likeness (QED) is 0.539. The van der Waals surface area contributed by atoms with Crippen LogP contribution in [-0.4, -0.2) is 36.5 Å². The Labute approximate surface area is 192 Å². The number of hydrogen-bond acceptors (Lipinski definition) is 4. The fraction of sp³-hybridized carbons (Fsp3) is 0.273. The van der Waals surface area contributed by atoms with Gasteiger partial charge in [-0.2, -0.15) is 0 Å². The van der Waals surface area contributed by atoms with E-state index in [0.717, 1.165) is 6.26 Å². The molecule has 1 aromatic heterocycles. The van der Waals surface area contributed by atoms with Crippen LogP contribution in [0.4, 0.5) is 11.4 Å². The molecule has 3 rings (SSSR count). The molecule has 0 saturated carbocycles. The van der Waals surface area contributed by atoms with Gasteiger partial charge in [0, 0.05) is 25.0 Å². The van der Waals surface area contributed by atoms with Gasteiger partial charge in [0.05, 0.1) is 23.3 Å². The topological polar surface area (TPSA) is 93.4 Å². The lowest BCUT2D eigenvalue weighted by molar-refractivity contribution is -0.116. The third kappa shape index (κ3) is 5.23. The minimum Gasteiger partial charge on any atom is -0.320 e. The number of benzene rings is 2. The second kappa shape index (κ2) is 9.62. The highest BCUT2D eigenvalue weighted by atomic mass is 35.5. The van der Waals surface area contributed by atoms with Crippen molar-refractivity contribution >= 4 is 38.9 Å². The Hall–Kier alpha value is -3.04. The summed E-state index contributed by atoms with van der Waals surface area (Å²) in [6.07, 6.45) is 1.42. The first-order valence-corrected chi connectivity index (χ1v) is 12.2. The maximum atomic E-state index is 12.9. The second-order valence-corrected chi connectivity index (χ2v) is 9.75. The van der Waals surface area contributed by atoms with Gasteiger partial charge in [-0.05, 0) is 43.7 Å². The fourth-order valence-electron chi connectivity index (χ4n) is 3.42. The van der Waals surface area contributed by atoms with Gasteiger partial charge in [0.25, 0.3) is 5.56 Å². The summed E-state index contributed by atoms with van der Waals surface area (Å²) in [6, 6.07) is 15.7. The molecular formula is C22H25ClN4O4S. The second-order valence-electron chi connectivity index (χ2n) is 7.40. The molecule has 0 fully saturated rings. The van der Waals surface area contributed by atoms with Crippen LogP contribution in [0.3, 0.4) is 0 Å². The van der Waals surface area contributed by atoms with Crippen molar-refractivity contribution in [2.45, 2.75) is 19.8 Å². The molecule has 10 heteroatoms. The van der Waals surface area contributed by atoms with Crippen molar-refractivity contribution in [2.75, 3.05) is 22.4 Å². The number of hydrogen-bond donors (Lipinski definition) is 1. The molecule has 0 bridgehead atoms. The Balaban J connectivity index is 1.71. The lowest BCUT2D eigenvalue weighted by Gasteiger charge is -2.22. The Morgan fingerprint density at radius 2 is 1.81 bits per heavy atom. The molecule has 0 aliphatic rings. The molecule has 1 N–H and O–H groups in total. The van der Waals surface area contributed by atoms with Gasteiger partial charge in [-0.3, -0.25) is 18.6 Å². The Morgan fingerprint density at radius 1 is 1.12 bits per heavy atom. The van der Waals surface area contributed by atoms with Crippen LogP contribution in [0, 0.1) is 6.92 Å². The number of sulfonamides is 1. The predicted molar refractivity (Wildman–Crippen MR) is 127 cm³/mol. The summed E-state index contributed by atoms with van der Waals surface area (Å²) >= 11 is 5.98. The summed E-state index contributed by atoms with van der Waals surface area (Å²) in [7, 11) is -1.81. The van der Waals surface area contributed by atoms with E-state index in [9.17, 15) is 18.0 Å². The molecule has 0 aliphatic heterocycles. The molecule has 32 heavy (non-hydrogen) atoms. The van der Waals surface area contributed by atoms with Crippen LogP contribution in [0.15, 0.2) is 59.4 Å². The first kappa shape index (κ1) is 23.6. The SMILES string of the molecule is Cc1c(NC(=O)CCCN(c2cccc(Cl)c2)S(C)(=O)=O)c(=O)n(-c2ccccc2)n1C. The van der Waals surface area contributed by atoms with E-state index in [1.54, 1.807) is 42.9 Å². The van der Waals surface area contributed by atoms with E-state index >= 15 is 0 Å². The number of nitrogens with zero attached hydrogens (tertiary/aromatic N) is 3. The highest BCUT2D eigenvalue weighted by molar-refractivity contribution is 7.92. The van der Waals surface area contributed by atoms with Crippen molar-refractivity contribution in [3.8, 4) is 5.69 Å². The van der Waals surface area contributed by atoms with Gasteiger partial charge in [0.15, 0.2) is 0 Å². The molecule has 1 amide bonds. The molecule has 0 spiro atoms. The van der Waals surface area contributed by atoms with Crippen LogP contribution in [0.1, 0.15) is 18.5 Å². The number of carbonyl (C=O) groups is 1. The normalized spacial score (nSPS) is 11.4. The van der Waals surface area contributed by atoms with Crippen LogP contribution in [0.5, 0.6) is 0 Å². The zero-order valence-corrected chi connectivity index (χ0v) is 19.7. The summed E-state index contributed by atoms with van der Waals surface area (Å²) in [5.41, 5.74) is 1.61.